The standard InChI is InChI=1S/C16H18IN/c1-3-16(17)15-10-9-12(11(2)18)13-7-5-4-6-8-14(13)15/h5,7,9-10,14-15,18H,1,4,6,8H2,2H3. The fourth-order valence-corrected chi connectivity index (χ4v) is 3.40. The van der Waals surface area contributed by atoms with E-state index in [4.69, 9.17) is 5.41 Å². The summed E-state index contributed by atoms with van der Waals surface area (Å²) in [7, 11) is 0. The molecule has 0 aromatic rings. The number of hydrogen-bond acceptors (Lipinski definition) is 1. The molecule has 0 fully saturated rings. The minimum absolute atomic E-state index is 0.393. The normalized spacial score (nSPS) is 26.3. The summed E-state index contributed by atoms with van der Waals surface area (Å²) in [6.07, 6.45) is 12.4. The fraction of sp³-hybridized carbons (Fsp3) is 0.375. The Kier molecular flexibility index (Phi) is 4.41. The van der Waals surface area contributed by atoms with E-state index in [2.05, 4.69) is 59.2 Å². The summed E-state index contributed by atoms with van der Waals surface area (Å²) in [5.41, 5.74) is 6.12. The number of nitrogens with one attached hydrogen (secondary N) is 1. The molecular formula is C16H18IN. The lowest BCUT2D eigenvalue weighted by Crippen LogP contribution is -2.20. The summed E-state index contributed by atoms with van der Waals surface area (Å²) in [6, 6.07) is 0. The second-order valence-corrected chi connectivity index (χ2v) is 6.01. The zero-order valence-corrected chi connectivity index (χ0v) is 12.8. The van der Waals surface area contributed by atoms with Gasteiger partial charge in [-0.2, -0.15) is 0 Å². The maximum atomic E-state index is 7.92. The minimum Gasteiger partial charge on any atom is -0.305 e. The van der Waals surface area contributed by atoms with E-state index in [1.807, 2.05) is 6.92 Å². The second kappa shape index (κ2) is 5.85. The van der Waals surface area contributed by atoms with Crippen LogP contribution >= 0.6 is 22.6 Å². The van der Waals surface area contributed by atoms with Crippen molar-refractivity contribution in [1.29, 1.82) is 5.41 Å². The molecule has 0 heterocycles. The highest BCUT2D eigenvalue weighted by Gasteiger charge is 2.29. The van der Waals surface area contributed by atoms with Crippen LogP contribution in [0, 0.1) is 17.2 Å². The average Bonchev–Trinajstić information content (AvgIpc) is 2.61. The van der Waals surface area contributed by atoms with E-state index in [0.717, 1.165) is 12.0 Å². The Hall–Kier alpha value is -0.860. The van der Waals surface area contributed by atoms with Gasteiger partial charge in [-0.25, -0.2) is 0 Å². The van der Waals surface area contributed by atoms with Crippen molar-refractivity contribution in [1.82, 2.24) is 0 Å². The molecule has 2 atom stereocenters. The summed E-state index contributed by atoms with van der Waals surface area (Å²) in [5.74, 6) is 0.883. The first-order chi connectivity index (χ1) is 8.65. The second-order valence-electron chi connectivity index (χ2n) is 4.84. The summed E-state index contributed by atoms with van der Waals surface area (Å²) < 4.78 is 1.18. The van der Waals surface area contributed by atoms with Crippen molar-refractivity contribution in [3.8, 4) is 0 Å². The SMILES string of the molecule is C=C=C(I)C1C=CC(C(C)=N)=C2C=CCCCC21. The highest BCUT2D eigenvalue weighted by atomic mass is 127. The quantitative estimate of drug-likeness (QED) is 0.413. The van der Waals surface area contributed by atoms with Gasteiger partial charge in [0.2, 0.25) is 0 Å². The lowest BCUT2D eigenvalue weighted by atomic mass is 9.76. The molecule has 2 heteroatoms. The maximum absolute atomic E-state index is 7.92. The smallest absolute Gasteiger partial charge is 0.0392 e. The van der Waals surface area contributed by atoms with Crippen molar-refractivity contribution in [2.24, 2.45) is 11.8 Å². The van der Waals surface area contributed by atoms with Gasteiger partial charge in [0.1, 0.15) is 0 Å². The van der Waals surface area contributed by atoms with Gasteiger partial charge in [-0.3, -0.25) is 0 Å². The first-order valence-electron chi connectivity index (χ1n) is 6.35. The lowest BCUT2D eigenvalue weighted by molar-refractivity contribution is 0.478. The maximum Gasteiger partial charge on any atom is 0.0392 e. The van der Waals surface area contributed by atoms with Crippen LogP contribution in [-0.4, -0.2) is 5.71 Å². The van der Waals surface area contributed by atoms with E-state index in [9.17, 15) is 0 Å². The monoisotopic (exact) mass is 351 g/mol. The summed E-state index contributed by atoms with van der Waals surface area (Å²) in [4.78, 5) is 0. The molecular weight excluding hydrogens is 333 g/mol. The van der Waals surface area contributed by atoms with Gasteiger partial charge in [-0.05, 0) is 65.8 Å². The largest absolute Gasteiger partial charge is 0.305 e. The van der Waals surface area contributed by atoms with Gasteiger partial charge in [-0.15, -0.1) is 5.73 Å². The van der Waals surface area contributed by atoms with E-state index in [1.54, 1.807) is 0 Å². The molecule has 0 saturated carbocycles. The van der Waals surface area contributed by atoms with Gasteiger partial charge in [-0.1, -0.05) is 30.9 Å². The van der Waals surface area contributed by atoms with Crippen molar-refractivity contribution < 1.29 is 0 Å². The van der Waals surface area contributed by atoms with Crippen LogP contribution < -0.4 is 0 Å². The molecule has 2 rings (SSSR count). The Balaban J connectivity index is 2.49. The molecule has 2 unspecified atom stereocenters. The topological polar surface area (TPSA) is 23.9 Å². The molecule has 1 nitrogen and oxygen atoms in total. The highest BCUT2D eigenvalue weighted by Crippen LogP contribution is 2.41. The minimum atomic E-state index is 0.393. The van der Waals surface area contributed by atoms with Crippen molar-refractivity contribution >= 4 is 28.3 Å². The number of halogens is 1. The van der Waals surface area contributed by atoms with Gasteiger partial charge in [0.25, 0.3) is 0 Å². The van der Waals surface area contributed by atoms with Gasteiger partial charge < -0.3 is 5.41 Å². The Bertz CT molecular complexity index is 501. The highest BCUT2D eigenvalue weighted by molar-refractivity contribution is 14.1. The molecule has 1 N–H and O–H groups in total. The van der Waals surface area contributed by atoms with Gasteiger partial charge in [0.15, 0.2) is 0 Å². The summed E-state index contributed by atoms with van der Waals surface area (Å²) in [6.45, 7) is 5.64. The third kappa shape index (κ3) is 2.60. The van der Waals surface area contributed by atoms with E-state index < -0.39 is 0 Å². The molecule has 0 aliphatic heterocycles. The van der Waals surface area contributed by atoms with Crippen molar-refractivity contribution in [3.05, 3.63) is 51.3 Å². The molecule has 2 aliphatic carbocycles. The van der Waals surface area contributed by atoms with Crippen LogP contribution in [0.4, 0.5) is 0 Å². The van der Waals surface area contributed by atoms with Gasteiger partial charge >= 0.3 is 0 Å². The predicted molar refractivity (Wildman–Crippen MR) is 86.2 cm³/mol. The third-order valence-electron chi connectivity index (χ3n) is 3.66. The van der Waals surface area contributed by atoms with E-state index in [0.29, 0.717) is 17.5 Å². The van der Waals surface area contributed by atoms with Crippen LogP contribution in [0.15, 0.2) is 51.3 Å². The molecule has 0 radical (unpaired) electrons. The third-order valence-corrected chi connectivity index (χ3v) is 4.76. The van der Waals surface area contributed by atoms with Crippen molar-refractivity contribution in [2.45, 2.75) is 26.2 Å². The van der Waals surface area contributed by atoms with Gasteiger partial charge in [0, 0.05) is 15.2 Å². The number of fused-ring (bicyclic) bond motifs is 1. The number of hydrogen-bond donors (Lipinski definition) is 1. The Morgan fingerprint density at radius 3 is 2.94 bits per heavy atom. The average molecular weight is 351 g/mol. The van der Waals surface area contributed by atoms with Crippen LogP contribution in [0.3, 0.4) is 0 Å². The van der Waals surface area contributed by atoms with Gasteiger partial charge in [0.05, 0.1) is 0 Å². The molecule has 0 aromatic heterocycles. The van der Waals surface area contributed by atoms with Crippen LogP contribution in [0.1, 0.15) is 26.2 Å². The Morgan fingerprint density at radius 2 is 2.28 bits per heavy atom. The zero-order chi connectivity index (χ0) is 13.1. The van der Waals surface area contributed by atoms with Crippen LogP contribution in [0.5, 0.6) is 0 Å². The Labute approximate surface area is 123 Å². The van der Waals surface area contributed by atoms with Crippen molar-refractivity contribution in [3.63, 3.8) is 0 Å². The Morgan fingerprint density at radius 1 is 1.50 bits per heavy atom. The summed E-state index contributed by atoms with van der Waals surface area (Å²) in [5, 5.41) is 7.92. The molecule has 18 heavy (non-hydrogen) atoms. The van der Waals surface area contributed by atoms with Crippen LogP contribution in [0.25, 0.3) is 0 Å². The first kappa shape index (κ1) is 13.6. The molecule has 0 amide bonds. The molecule has 0 aromatic carbocycles. The van der Waals surface area contributed by atoms with Crippen LogP contribution in [-0.2, 0) is 0 Å². The van der Waals surface area contributed by atoms with E-state index in [1.165, 1.54) is 22.0 Å². The van der Waals surface area contributed by atoms with E-state index in [-0.39, 0.29) is 0 Å². The molecule has 2 aliphatic rings. The molecule has 0 saturated heterocycles. The molecule has 0 spiro atoms. The van der Waals surface area contributed by atoms with E-state index >= 15 is 0 Å². The number of allylic oxidation sites excluding steroid dienone is 7. The van der Waals surface area contributed by atoms with Crippen molar-refractivity contribution in [2.75, 3.05) is 0 Å². The summed E-state index contributed by atoms with van der Waals surface area (Å²) >= 11 is 2.34. The fourth-order valence-electron chi connectivity index (χ4n) is 2.76. The zero-order valence-electron chi connectivity index (χ0n) is 10.7. The molecule has 94 valence electrons. The molecule has 0 bridgehead atoms. The first-order valence-corrected chi connectivity index (χ1v) is 7.43. The van der Waals surface area contributed by atoms with Crippen LogP contribution in [0.2, 0.25) is 0 Å². The predicted octanol–water partition coefficient (Wildman–Crippen LogP) is 4.97. The number of rotatable bonds is 2. The lowest BCUT2D eigenvalue weighted by Gasteiger charge is -2.29.